The highest BCUT2D eigenvalue weighted by Gasteiger charge is 2.21. The molecule has 0 aliphatic carbocycles. The van der Waals surface area contributed by atoms with Crippen molar-refractivity contribution in [2.45, 2.75) is 16.5 Å². The first kappa shape index (κ1) is 20.2. The Bertz CT molecular complexity index is 1190. The fraction of sp³-hybridized carbons (Fsp3) is 0.105. The summed E-state index contributed by atoms with van der Waals surface area (Å²) in [4.78, 5) is 24.1. The first-order valence-electron chi connectivity index (χ1n) is 8.32. The van der Waals surface area contributed by atoms with E-state index in [1.54, 1.807) is 0 Å². The van der Waals surface area contributed by atoms with Crippen LogP contribution in [-0.4, -0.2) is 31.2 Å². The minimum absolute atomic E-state index is 0.0354. The zero-order valence-electron chi connectivity index (χ0n) is 15.2. The van der Waals surface area contributed by atoms with Gasteiger partial charge in [-0.3, -0.25) is 9.59 Å². The van der Waals surface area contributed by atoms with Gasteiger partial charge in [0.2, 0.25) is 15.7 Å². The van der Waals surface area contributed by atoms with E-state index in [0.29, 0.717) is 11.4 Å². The second kappa shape index (κ2) is 8.23. The van der Waals surface area contributed by atoms with Gasteiger partial charge in [-0.05, 0) is 54.6 Å². The highest BCUT2D eigenvalue weighted by atomic mass is 32.2. The van der Waals surface area contributed by atoms with E-state index in [0.717, 1.165) is 16.8 Å². The van der Waals surface area contributed by atoms with Gasteiger partial charge in [0.25, 0.3) is 5.56 Å². The maximum absolute atomic E-state index is 12.9. The first-order chi connectivity index (χ1) is 13.8. The normalized spacial score (nSPS) is 11.1. The lowest BCUT2D eigenvalue weighted by Gasteiger charge is -2.09. The molecule has 150 valence electrons. The number of methoxy groups -OCH3 is 1. The van der Waals surface area contributed by atoms with E-state index in [2.05, 4.69) is 10.4 Å². The summed E-state index contributed by atoms with van der Waals surface area (Å²) < 4.78 is 44.2. The molecular weight excluding hydrogens is 401 g/mol. The van der Waals surface area contributed by atoms with Crippen molar-refractivity contribution in [3.05, 3.63) is 76.8 Å². The van der Waals surface area contributed by atoms with Gasteiger partial charge >= 0.3 is 0 Å². The van der Waals surface area contributed by atoms with Crippen molar-refractivity contribution >= 4 is 21.4 Å². The summed E-state index contributed by atoms with van der Waals surface area (Å²) in [5.74, 6) is -0.595. The molecular formula is C19H16FN3O5S. The number of nitrogens with zero attached hydrogens (tertiary/aromatic N) is 2. The second-order valence-electron chi connectivity index (χ2n) is 5.90. The van der Waals surface area contributed by atoms with Crippen molar-refractivity contribution in [1.29, 1.82) is 0 Å². The maximum Gasteiger partial charge on any atom is 0.267 e. The van der Waals surface area contributed by atoms with Gasteiger partial charge < -0.3 is 10.1 Å². The topological polar surface area (TPSA) is 107 Å². The second-order valence-corrected chi connectivity index (χ2v) is 7.80. The molecule has 0 aliphatic rings. The molecule has 0 bridgehead atoms. The largest absolute Gasteiger partial charge is 0.497 e. The molecule has 0 saturated heterocycles. The molecule has 0 radical (unpaired) electrons. The van der Waals surface area contributed by atoms with Crippen LogP contribution in [0.3, 0.4) is 0 Å². The predicted octanol–water partition coefficient (Wildman–Crippen LogP) is 1.86. The van der Waals surface area contributed by atoms with E-state index in [9.17, 15) is 22.4 Å². The molecule has 2 aromatic carbocycles. The Balaban J connectivity index is 1.84. The smallest absolute Gasteiger partial charge is 0.267 e. The predicted molar refractivity (Wildman–Crippen MR) is 102 cm³/mol. The number of carbonyl (C=O) groups is 1. The molecule has 0 spiro atoms. The minimum atomic E-state index is -4.00. The highest BCUT2D eigenvalue weighted by molar-refractivity contribution is 7.91. The zero-order valence-corrected chi connectivity index (χ0v) is 16.0. The van der Waals surface area contributed by atoms with Crippen molar-refractivity contribution in [2.75, 3.05) is 12.4 Å². The maximum atomic E-state index is 12.9. The van der Waals surface area contributed by atoms with Gasteiger partial charge in [-0.25, -0.2) is 17.5 Å². The van der Waals surface area contributed by atoms with Gasteiger partial charge in [0.05, 0.1) is 12.0 Å². The number of ether oxygens (including phenoxy) is 1. The molecule has 1 heterocycles. The molecule has 0 atom stereocenters. The van der Waals surface area contributed by atoms with E-state index in [1.807, 2.05) is 0 Å². The Morgan fingerprint density at radius 1 is 1.07 bits per heavy atom. The van der Waals surface area contributed by atoms with Crippen molar-refractivity contribution in [3.63, 3.8) is 0 Å². The number of hydrogen-bond donors (Lipinski definition) is 1. The molecule has 3 aromatic rings. The van der Waals surface area contributed by atoms with Crippen LogP contribution in [0, 0.1) is 5.82 Å². The summed E-state index contributed by atoms with van der Waals surface area (Å²) in [6.45, 7) is -0.512. The third-order valence-corrected chi connectivity index (χ3v) is 5.57. The quantitative estimate of drug-likeness (QED) is 0.656. The molecule has 1 amide bonds. The summed E-state index contributed by atoms with van der Waals surface area (Å²) in [6, 6.07) is 12.8. The van der Waals surface area contributed by atoms with Gasteiger partial charge in [0.1, 0.15) is 18.1 Å². The van der Waals surface area contributed by atoms with E-state index >= 15 is 0 Å². The molecule has 0 unspecified atom stereocenters. The lowest BCUT2D eigenvalue weighted by Crippen LogP contribution is -2.30. The fourth-order valence-electron chi connectivity index (χ4n) is 2.43. The summed E-state index contributed by atoms with van der Waals surface area (Å²) in [6.07, 6.45) is 0. The van der Waals surface area contributed by atoms with Crippen LogP contribution in [0.25, 0.3) is 0 Å². The van der Waals surface area contributed by atoms with Gasteiger partial charge in [0.15, 0.2) is 5.03 Å². The molecule has 3 rings (SSSR count). The molecule has 1 N–H and O–H groups in total. The van der Waals surface area contributed by atoms with Crippen LogP contribution in [-0.2, 0) is 21.2 Å². The average Bonchev–Trinajstić information content (AvgIpc) is 2.71. The van der Waals surface area contributed by atoms with Crippen molar-refractivity contribution < 1.29 is 22.3 Å². The van der Waals surface area contributed by atoms with Crippen LogP contribution in [0.4, 0.5) is 10.1 Å². The summed E-state index contributed by atoms with van der Waals surface area (Å²) in [5, 5.41) is 5.92. The molecule has 0 saturated carbocycles. The number of anilines is 1. The van der Waals surface area contributed by atoms with Crippen molar-refractivity contribution in [2.24, 2.45) is 0 Å². The third kappa shape index (κ3) is 4.66. The lowest BCUT2D eigenvalue weighted by molar-refractivity contribution is -0.117. The highest BCUT2D eigenvalue weighted by Crippen LogP contribution is 2.21. The minimum Gasteiger partial charge on any atom is -0.497 e. The summed E-state index contributed by atoms with van der Waals surface area (Å²) in [5.41, 5.74) is -0.320. The third-order valence-electron chi connectivity index (χ3n) is 3.91. The van der Waals surface area contributed by atoms with Crippen LogP contribution in [0.5, 0.6) is 5.75 Å². The number of carbonyl (C=O) groups excluding carboxylic acids is 1. The SMILES string of the molecule is COc1ccc(S(=O)(=O)c2ccc(=O)n(CC(=O)Nc3ccc(F)cc3)n2)cc1. The number of aromatic nitrogens is 2. The zero-order chi connectivity index (χ0) is 21.0. The van der Waals surface area contributed by atoms with E-state index < -0.39 is 33.7 Å². The number of benzene rings is 2. The summed E-state index contributed by atoms with van der Waals surface area (Å²) >= 11 is 0. The molecule has 1 aromatic heterocycles. The molecule has 0 fully saturated rings. The Morgan fingerprint density at radius 2 is 1.72 bits per heavy atom. The monoisotopic (exact) mass is 417 g/mol. The van der Waals surface area contributed by atoms with Gasteiger partial charge in [-0.2, -0.15) is 5.10 Å². The molecule has 8 nitrogen and oxygen atoms in total. The van der Waals surface area contributed by atoms with E-state index in [-0.39, 0.29) is 9.92 Å². The molecule has 29 heavy (non-hydrogen) atoms. The van der Waals surface area contributed by atoms with E-state index in [4.69, 9.17) is 4.74 Å². The van der Waals surface area contributed by atoms with Gasteiger partial charge in [0, 0.05) is 11.8 Å². The number of sulfone groups is 1. The number of hydrogen-bond acceptors (Lipinski definition) is 6. The van der Waals surface area contributed by atoms with Crippen LogP contribution in [0.15, 0.2) is 75.4 Å². The Hall–Kier alpha value is -3.53. The van der Waals surface area contributed by atoms with E-state index in [1.165, 1.54) is 55.6 Å². The Morgan fingerprint density at radius 3 is 2.34 bits per heavy atom. The van der Waals surface area contributed by atoms with Crippen molar-refractivity contribution in [1.82, 2.24) is 9.78 Å². The van der Waals surface area contributed by atoms with Gasteiger partial charge in [-0.15, -0.1) is 0 Å². The number of nitrogens with one attached hydrogen (secondary N) is 1. The average molecular weight is 417 g/mol. The standard InChI is InChI=1S/C19H16FN3O5S/c1-28-15-6-8-16(9-7-15)29(26,27)18-10-11-19(25)23(22-18)12-17(24)21-14-4-2-13(20)3-5-14/h2-11H,12H2,1H3,(H,21,24). The van der Waals surface area contributed by atoms with Crippen LogP contribution in [0.1, 0.15) is 0 Å². The van der Waals surface area contributed by atoms with Crippen molar-refractivity contribution in [3.8, 4) is 5.75 Å². The lowest BCUT2D eigenvalue weighted by atomic mass is 10.3. The number of rotatable bonds is 6. The Labute approximate surface area is 165 Å². The molecule has 0 aliphatic heterocycles. The molecule has 10 heteroatoms. The fourth-order valence-corrected chi connectivity index (χ4v) is 3.62. The van der Waals surface area contributed by atoms with Crippen LogP contribution >= 0.6 is 0 Å². The van der Waals surface area contributed by atoms with Gasteiger partial charge in [-0.1, -0.05) is 0 Å². The number of amides is 1. The number of halogens is 1. The Kier molecular flexibility index (Phi) is 5.74. The first-order valence-corrected chi connectivity index (χ1v) is 9.80. The van der Waals surface area contributed by atoms with Crippen LogP contribution < -0.4 is 15.6 Å². The van der Waals surface area contributed by atoms with Crippen LogP contribution in [0.2, 0.25) is 0 Å². The summed E-state index contributed by atoms with van der Waals surface area (Å²) in [7, 11) is -2.55.